The predicted molar refractivity (Wildman–Crippen MR) is 66.0 cm³/mol. The van der Waals surface area contributed by atoms with Crippen LogP contribution in [0, 0.1) is 0 Å². The van der Waals surface area contributed by atoms with Gasteiger partial charge in [0.15, 0.2) is 0 Å². The fourth-order valence-corrected chi connectivity index (χ4v) is 2.78. The number of hydrogen-bond donors (Lipinski definition) is 0. The molecule has 2 aromatic rings. The Labute approximate surface area is 90.2 Å². The lowest BCUT2D eigenvalue weighted by Gasteiger charge is -2.06. The van der Waals surface area contributed by atoms with Gasteiger partial charge in [-0.2, -0.15) is 0 Å². The number of rotatable bonds is 0. The molecule has 3 rings (SSSR count). The quantitative estimate of drug-likeness (QED) is 0.584. The van der Waals surface area contributed by atoms with Gasteiger partial charge >= 0.3 is 0 Å². The fourth-order valence-electron chi connectivity index (χ4n) is 2.78. The van der Waals surface area contributed by atoms with E-state index in [0.717, 1.165) is 0 Å². The van der Waals surface area contributed by atoms with E-state index in [0.29, 0.717) is 5.92 Å². The molecule has 1 unspecified atom stereocenters. The first-order chi connectivity index (χ1) is 7.33. The highest BCUT2D eigenvalue weighted by Crippen LogP contribution is 2.45. The van der Waals surface area contributed by atoms with Crippen LogP contribution in [0.15, 0.2) is 42.5 Å². The molecular formula is C15H14. The molecule has 0 fully saturated rings. The number of benzene rings is 2. The van der Waals surface area contributed by atoms with Crippen molar-refractivity contribution in [2.45, 2.75) is 19.8 Å². The second kappa shape index (κ2) is 2.96. The molecule has 1 atom stereocenters. The normalized spacial score (nSPS) is 21.5. The van der Waals surface area contributed by atoms with E-state index in [9.17, 15) is 0 Å². The molecule has 0 heterocycles. The highest BCUT2D eigenvalue weighted by molar-refractivity contribution is 6.03. The first kappa shape index (κ1) is 8.72. The third-order valence-electron chi connectivity index (χ3n) is 3.49. The lowest BCUT2D eigenvalue weighted by molar-refractivity contribution is 1.02. The van der Waals surface area contributed by atoms with Crippen LogP contribution in [0.3, 0.4) is 0 Å². The topological polar surface area (TPSA) is 0 Å². The maximum atomic E-state index is 2.30. The average molecular weight is 194 g/mol. The van der Waals surface area contributed by atoms with Crippen molar-refractivity contribution < 1.29 is 0 Å². The minimum atomic E-state index is 0.552. The van der Waals surface area contributed by atoms with E-state index in [1.807, 2.05) is 0 Å². The molecule has 0 bridgehead atoms. The molecule has 0 aliphatic heterocycles. The van der Waals surface area contributed by atoms with E-state index in [1.165, 1.54) is 27.5 Å². The number of hydrogen-bond acceptors (Lipinski definition) is 0. The molecule has 0 spiro atoms. The smallest absolute Gasteiger partial charge is 0.00702 e. The van der Waals surface area contributed by atoms with Gasteiger partial charge in [-0.1, -0.05) is 49.4 Å². The second-order valence-corrected chi connectivity index (χ2v) is 4.22. The van der Waals surface area contributed by atoms with Gasteiger partial charge in [-0.05, 0) is 34.4 Å². The average Bonchev–Trinajstić information content (AvgIpc) is 2.55. The van der Waals surface area contributed by atoms with E-state index >= 15 is 0 Å². The van der Waals surface area contributed by atoms with Gasteiger partial charge in [-0.3, -0.25) is 0 Å². The van der Waals surface area contributed by atoms with Crippen LogP contribution in [-0.2, 0) is 0 Å². The highest BCUT2D eigenvalue weighted by Gasteiger charge is 2.24. The van der Waals surface area contributed by atoms with E-state index in [-0.39, 0.29) is 0 Å². The van der Waals surface area contributed by atoms with Gasteiger partial charge in [-0.25, -0.2) is 0 Å². The van der Waals surface area contributed by atoms with Gasteiger partial charge in [0.05, 0.1) is 0 Å². The summed E-state index contributed by atoms with van der Waals surface area (Å²) in [5.41, 5.74) is 4.39. The molecule has 0 aromatic heterocycles. The summed E-state index contributed by atoms with van der Waals surface area (Å²) in [4.78, 5) is 0. The summed E-state index contributed by atoms with van der Waals surface area (Å²) in [7, 11) is 0. The van der Waals surface area contributed by atoms with Crippen molar-refractivity contribution >= 4 is 16.3 Å². The Bertz CT molecular complexity index is 556. The first-order valence-corrected chi connectivity index (χ1v) is 5.51. The summed E-state index contributed by atoms with van der Waals surface area (Å²) in [5, 5.41) is 2.83. The van der Waals surface area contributed by atoms with Gasteiger partial charge in [0.1, 0.15) is 0 Å². The Morgan fingerprint density at radius 1 is 1.07 bits per heavy atom. The van der Waals surface area contributed by atoms with Crippen LogP contribution < -0.4 is 0 Å². The highest BCUT2D eigenvalue weighted by atomic mass is 14.3. The molecule has 0 nitrogen and oxygen atoms in total. The Morgan fingerprint density at radius 3 is 2.53 bits per heavy atom. The molecule has 1 aliphatic carbocycles. The maximum Gasteiger partial charge on any atom is 0.00702 e. The summed E-state index contributed by atoms with van der Waals surface area (Å²) in [6, 6.07) is 13.2. The van der Waals surface area contributed by atoms with E-state index in [4.69, 9.17) is 0 Å². The Kier molecular flexibility index (Phi) is 1.72. The molecule has 0 saturated carbocycles. The van der Waals surface area contributed by atoms with Crippen LogP contribution in [0.4, 0.5) is 0 Å². The van der Waals surface area contributed by atoms with E-state index < -0.39 is 0 Å². The van der Waals surface area contributed by atoms with Gasteiger partial charge in [0.25, 0.3) is 0 Å². The molecule has 74 valence electrons. The lowest BCUT2D eigenvalue weighted by atomic mass is 9.98. The minimum Gasteiger partial charge on any atom is -0.0832 e. The van der Waals surface area contributed by atoms with Crippen LogP contribution in [0.1, 0.15) is 30.9 Å². The predicted octanol–water partition coefficient (Wildman–Crippen LogP) is 4.36. The lowest BCUT2D eigenvalue weighted by Crippen LogP contribution is -1.87. The summed E-state index contributed by atoms with van der Waals surface area (Å²) in [6.45, 7) is 4.43. The zero-order valence-electron chi connectivity index (χ0n) is 9.12. The minimum absolute atomic E-state index is 0.552. The van der Waals surface area contributed by atoms with Gasteiger partial charge in [0, 0.05) is 5.92 Å². The van der Waals surface area contributed by atoms with Crippen LogP contribution in [-0.4, -0.2) is 0 Å². The molecule has 15 heavy (non-hydrogen) atoms. The number of allylic oxidation sites excluding steroid dienone is 2. The van der Waals surface area contributed by atoms with Crippen molar-refractivity contribution in [1.29, 1.82) is 0 Å². The first-order valence-electron chi connectivity index (χ1n) is 5.51. The van der Waals surface area contributed by atoms with Gasteiger partial charge in [-0.15, -0.1) is 0 Å². The van der Waals surface area contributed by atoms with Crippen molar-refractivity contribution in [3.05, 3.63) is 53.6 Å². The molecule has 0 N–H and O–H groups in total. The van der Waals surface area contributed by atoms with Crippen molar-refractivity contribution in [1.82, 2.24) is 0 Å². The monoisotopic (exact) mass is 194 g/mol. The van der Waals surface area contributed by atoms with Gasteiger partial charge < -0.3 is 0 Å². The molecule has 2 aromatic carbocycles. The second-order valence-electron chi connectivity index (χ2n) is 4.22. The Balaban J connectivity index is 2.50. The molecule has 0 heteroatoms. The Morgan fingerprint density at radius 2 is 1.80 bits per heavy atom. The van der Waals surface area contributed by atoms with Crippen LogP contribution >= 0.6 is 0 Å². The Hall–Kier alpha value is -1.56. The summed E-state index contributed by atoms with van der Waals surface area (Å²) >= 11 is 0. The SMILES string of the molecule is CC=C1c2cccc3cccc(c23)C1C. The van der Waals surface area contributed by atoms with Crippen LogP contribution in [0.5, 0.6) is 0 Å². The standard InChI is InChI=1S/C15H14/c1-3-12-10(2)13-8-4-6-11-7-5-9-14(12)15(11)13/h3-10H,1-2H3. The molecule has 0 saturated heterocycles. The largest absolute Gasteiger partial charge is 0.0832 e. The maximum absolute atomic E-state index is 2.30. The fraction of sp³-hybridized carbons (Fsp3) is 0.200. The van der Waals surface area contributed by atoms with E-state index in [1.54, 1.807) is 0 Å². The van der Waals surface area contributed by atoms with Crippen LogP contribution in [0.2, 0.25) is 0 Å². The van der Waals surface area contributed by atoms with Crippen molar-refractivity contribution in [2.75, 3.05) is 0 Å². The molecular weight excluding hydrogens is 180 g/mol. The van der Waals surface area contributed by atoms with Crippen molar-refractivity contribution in [3.63, 3.8) is 0 Å². The zero-order chi connectivity index (χ0) is 10.4. The molecule has 0 radical (unpaired) electrons. The third kappa shape index (κ3) is 1.02. The third-order valence-corrected chi connectivity index (χ3v) is 3.49. The van der Waals surface area contributed by atoms with E-state index in [2.05, 4.69) is 56.3 Å². The van der Waals surface area contributed by atoms with Crippen molar-refractivity contribution in [2.24, 2.45) is 0 Å². The van der Waals surface area contributed by atoms with Crippen LogP contribution in [0.25, 0.3) is 16.3 Å². The summed E-state index contributed by atoms with van der Waals surface area (Å²) in [5.74, 6) is 0.552. The van der Waals surface area contributed by atoms with Crippen molar-refractivity contribution in [3.8, 4) is 0 Å². The summed E-state index contributed by atoms with van der Waals surface area (Å²) < 4.78 is 0. The molecule has 0 amide bonds. The summed E-state index contributed by atoms with van der Waals surface area (Å²) in [6.07, 6.45) is 2.25. The van der Waals surface area contributed by atoms with Gasteiger partial charge in [0.2, 0.25) is 0 Å². The molecule has 1 aliphatic rings. The zero-order valence-corrected chi connectivity index (χ0v) is 9.12.